The summed E-state index contributed by atoms with van der Waals surface area (Å²) in [6.45, 7) is 1.77. The number of anilines is 1. The molecule has 0 saturated heterocycles. The van der Waals surface area contributed by atoms with Crippen LogP contribution >= 0.6 is 0 Å². The fourth-order valence-electron chi connectivity index (χ4n) is 3.58. The average molecular weight is 391 g/mol. The number of hydrogen-bond acceptors (Lipinski definition) is 5. The normalized spacial score (nSPS) is 18.1. The van der Waals surface area contributed by atoms with E-state index in [2.05, 4.69) is 9.97 Å². The van der Waals surface area contributed by atoms with Gasteiger partial charge in [0.1, 0.15) is 12.4 Å². The zero-order chi connectivity index (χ0) is 20.4. The van der Waals surface area contributed by atoms with Crippen molar-refractivity contribution in [2.75, 3.05) is 5.73 Å². The van der Waals surface area contributed by atoms with Gasteiger partial charge in [-0.15, -0.1) is 0 Å². The Bertz CT molecular complexity index is 1010. The summed E-state index contributed by atoms with van der Waals surface area (Å²) >= 11 is 0. The van der Waals surface area contributed by atoms with E-state index in [0.717, 1.165) is 29.7 Å². The molecule has 0 bridgehead atoms. The number of nitrogens with zero attached hydrogens (tertiary/aromatic N) is 2. The van der Waals surface area contributed by atoms with Crippen molar-refractivity contribution in [3.8, 4) is 5.75 Å². The molecule has 5 nitrogen and oxygen atoms in total. The van der Waals surface area contributed by atoms with Gasteiger partial charge >= 0.3 is 0 Å². The molecular formula is C23H22FN3O2. The van der Waals surface area contributed by atoms with Crippen LogP contribution < -0.4 is 10.5 Å². The van der Waals surface area contributed by atoms with Crippen LogP contribution in [0, 0.1) is 5.82 Å². The molecule has 1 aromatic heterocycles. The molecule has 29 heavy (non-hydrogen) atoms. The molecule has 0 unspecified atom stereocenters. The van der Waals surface area contributed by atoms with Crippen LogP contribution in [0.4, 0.5) is 10.2 Å². The molecule has 2 aromatic carbocycles. The van der Waals surface area contributed by atoms with Gasteiger partial charge < -0.3 is 10.5 Å². The van der Waals surface area contributed by atoms with E-state index in [0.29, 0.717) is 23.2 Å². The summed E-state index contributed by atoms with van der Waals surface area (Å²) in [5.41, 5.74) is 9.01. The van der Waals surface area contributed by atoms with Crippen molar-refractivity contribution in [3.63, 3.8) is 0 Å². The first-order valence-corrected chi connectivity index (χ1v) is 9.59. The van der Waals surface area contributed by atoms with Crippen molar-refractivity contribution in [3.05, 3.63) is 83.1 Å². The molecule has 0 amide bonds. The maximum atomic E-state index is 14.5. The Morgan fingerprint density at radius 3 is 2.48 bits per heavy atom. The topological polar surface area (TPSA) is 78.1 Å². The number of nitrogen functional groups attached to an aromatic ring is 1. The highest BCUT2D eigenvalue weighted by Gasteiger charge is 2.33. The second-order valence-corrected chi connectivity index (χ2v) is 7.46. The highest BCUT2D eigenvalue weighted by Crippen LogP contribution is 2.47. The van der Waals surface area contributed by atoms with Crippen LogP contribution in [0.25, 0.3) is 0 Å². The van der Waals surface area contributed by atoms with Crippen LogP contribution in [0.5, 0.6) is 5.75 Å². The second kappa shape index (κ2) is 7.99. The predicted octanol–water partition coefficient (Wildman–Crippen LogP) is 4.64. The van der Waals surface area contributed by atoms with Gasteiger partial charge in [-0.2, -0.15) is 0 Å². The van der Waals surface area contributed by atoms with Crippen LogP contribution in [0.1, 0.15) is 58.8 Å². The van der Waals surface area contributed by atoms with Crippen molar-refractivity contribution >= 4 is 11.6 Å². The number of benzene rings is 2. The minimum atomic E-state index is -0.362. The van der Waals surface area contributed by atoms with Crippen LogP contribution in [0.2, 0.25) is 0 Å². The quantitative estimate of drug-likeness (QED) is 0.619. The van der Waals surface area contributed by atoms with Gasteiger partial charge in [0, 0.05) is 11.5 Å². The van der Waals surface area contributed by atoms with Gasteiger partial charge in [-0.05, 0) is 48.9 Å². The van der Waals surface area contributed by atoms with Gasteiger partial charge in [0.2, 0.25) is 0 Å². The molecule has 0 spiro atoms. The number of aromatic nitrogens is 2. The molecule has 1 fully saturated rings. The highest BCUT2D eigenvalue weighted by atomic mass is 19.1. The molecule has 1 saturated carbocycles. The van der Waals surface area contributed by atoms with Crippen LogP contribution in [-0.4, -0.2) is 15.8 Å². The van der Waals surface area contributed by atoms with Gasteiger partial charge in [0.15, 0.2) is 17.3 Å². The first-order valence-electron chi connectivity index (χ1n) is 9.59. The van der Waals surface area contributed by atoms with Crippen LogP contribution in [0.15, 0.2) is 54.9 Å². The Morgan fingerprint density at radius 1 is 1.10 bits per heavy atom. The summed E-state index contributed by atoms with van der Waals surface area (Å²) in [4.78, 5) is 19.7. The Morgan fingerprint density at radius 2 is 1.86 bits per heavy atom. The molecule has 3 aromatic rings. The maximum Gasteiger partial charge on any atom is 0.165 e. The number of halogens is 1. The first-order chi connectivity index (χ1) is 14.0. The number of ether oxygens (including phenoxy) is 1. The predicted molar refractivity (Wildman–Crippen MR) is 108 cm³/mol. The molecule has 1 heterocycles. The van der Waals surface area contributed by atoms with E-state index in [4.69, 9.17) is 10.5 Å². The highest BCUT2D eigenvalue weighted by molar-refractivity contribution is 5.93. The number of carbonyl (C=O) groups excluding carboxylic acids is 1. The zero-order valence-corrected chi connectivity index (χ0v) is 16.1. The summed E-state index contributed by atoms with van der Waals surface area (Å²) < 4.78 is 20.1. The first kappa shape index (κ1) is 19.1. The third-order valence-corrected chi connectivity index (χ3v) is 5.43. The summed E-state index contributed by atoms with van der Waals surface area (Å²) in [5.74, 6) is 0.938. The van der Waals surface area contributed by atoms with E-state index in [1.54, 1.807) is 36.7 Å². The summed E-state index contributed by atoms with van der Waals surface area (Å²) in [6, 6.07) is 12.3. The molecule has 1 aliphatic carbocycles. The van der Waals surface area contributed by atoms with E-state index < -0.39 is 0 Å². The van der Waals surface area contributed by atoms with E-state index >= 15 is 0 Å². The lowest BCUT2D eigenvalue weighted by Gasteiger charge is -2.35. The van der Waals surface area contributed by atoms with Crippen molar-refractivity contribution in [1.82, 2.24) is 9.97 Å². The van der Waals surface area contributed by atoms with Crippen molar-refractivity contribution in [2.45, 2.75) is 38.2 Å². The number of Topliss-reactive ketones (excluding diaryl/α,β-unsaturated/α-hetero) is 1. The van der Waals surface area contributed by atoms with Crippen LogP contribution in [-0.2, 0) is 6.61 Å². The molecule has 148 valence electrons. The Hall–Kier alpha value is -3.28. The van der Waals surface area contributed by atoms with Crippen molar-refractivity contribution in [2.24, 2.45) is 0 Å². The monoisotopic (exact) mass is 391 g/mol. The fourth-order valence-corrected chi connectivity index (χ4v) is 3.58. The largest absolute Gasteiger partial charge is 0.486 e. The molecule has 0 aliphatic heterocycles. The number of ketones is 1. The Balaban J connectivity index is 1.35. The fraction of sp³-hybridized carbons (Fsp3) is 0.261. The lowest BCUT2D eigenvalue weighted by molar-refractivity contribution is 0.101. The molecule has 0 atom stereocenters. The van der Waals surface area contributed by atoms with Crippen molar-refractivity contribution in [1.29, 1.82) is 0 Å². The lowest BCUT2D eigenvalue weighted by atomic mass is 9.70. The third kappa shape index (κ3) is 4.26. The van der Waals surface area contributed by atoms with Gasteiger partial charge in [-0.3, -0.25) is 9.78 Å². The SMILES string of the molecule is CC(=O)c1ccc(COc2ccc(C3CC(c4cnc(N)cn4)C3)cc2F)cc1. The van der Waals surface area contributed by atoms with Crippen LogP contribution in [0.3, 0.4) is 0 Å². The van der Waals surface area contributed by atoms with E-state index in [1.165, 1.54) is 6.92 Å². The molecular weight excluding hydrogens is 369 g/mol. The lowest BCUT2D eigenvalue weighted by Crippen LogP contribution is -2.21. The maximum absolute atomic E-state index is 14.5. The Labute approximate surface area is 168 Å². The van der Waals surface area contributed by atoms with Crippen molar-refractivity contribution < 1.29 is 13.9 Å². The standard InChI is InChI=1S/C23H22FN3O2/c1-14(28)16-4-2-15(3-5-16)13-29-22-7-6-17(10-20(22)24)18-8-19(9-18)21-11-27-23(25)12-26-21/h2-7,10-12,18-19H,8-9,13H2,1H3,(H2,25,27). The summed E-state index contributed by atoms with van der Waals surface area (Å²) in [6.07, 6.45) is 5.13. The van der Waals surface area contributed by atoms with E-state index in [-0.39, 0.29) is 24.0 Å². The Kier molecular flexibility index (Phi) is 5.25. The zero-order valence-electron chi connectivity index (χ0n) is 16.1. The van der Waals surface area contributed by atoms with E-state index in [1.807, 2.05) is 18.2 Å². The van der Waals surface area contributed by atoms with E-state index in [9.17, 15) is 9.18 Å². The number of hydrogen-bond donors (Lipinski definition) is 1. The third-order valence-electron chi connectivity index (χ3n) is 5.43. The molecule has 4 rings (SSSR count). The summed E-state index contributed by atoms with van der Waals surface area (Å²) in [7, 11) is 0. The van der Waals surface area contributed by atoms with Gasteiger partial charge in [0.25, 0.3) is 0 Å². The molecule has 2 N–H and O–H groups in total. The second-order valence-electron chi connectivity index (χ2n) is 7.46. The minimum Gasteiger partial charge on any atom is -0.486 e. The number of carbonyl (C=O) groups is 1. The van der Waals surface area contributed by atoms with Gasteiger partial charge in [0.05, 0.1) is 18.1 Å². The molecule has 6 heteroatoms. The smallest absolute Gasteiger partial charge is 0.165 e. The number of rotatable bonds is 6. The molecule has 1 aliphatic rings. The minimum absolute atomic E-state index is 0.0146. The van der Waals surface area contributed by atoms with Gasteiger partial charge in [-0.1, -0.05) is 30.3 Å². The van der Waals surface area contributed by atoms with Gasteiger partial charge in [-0.25, -0.2) is 9.37 Å². The number of nitrogens with two attached hydrogens (primary N) is 1. The summed E-state index contributed by atoms with van der Waals surface area (Å²) in [5, 5.41) is 0. The molecule has 0 radical (unpaired) electrons. The average Bonchev–Trinajstić information content (AvgIpc) is 2.68.